The summed E-state index contributed by atoms with van der Waals surface area (Å²) < 4.78 is 16.8. The highest BCUT2D eigenvalue weighted by molar-refractivity contribution is 9.10. The van der Waals surface area contributed by atoms with Gasteiger partial charge in [0.05, 0.1) is 24.8 Å². The lowest BCUT2D eigenvalue weighted by molar-refractivity contribution is -0.197. The number of carbonyl (C=O) groups excluding carboxylic acids is 2. The van der Waals surface area contributed by atoms with Gasteiger partial charge < -0.3 is 19.5 Å². The zero-order valence-electron chi connectivity index (χ0n) is 16.6. The van der Waals surface area contributed by atoms with Crippen molar-refractivity contribution in [1.29, 1.82) is 0 Å². The molecule has 7 heteroatoms. The standard InChI is InChI=1S/C20H28BrNO5/c1-6-27-16-12-20(18(24)26-5,19(16,2)3)22-17(23)10-8-13-7-9-15(25-4)14(21)11-13/h7,9,11,16H,6,8,10,12H2,1-5H3,(H,22,23)/t16-,20-/m0/s1. The molecule has 0 aliphatic heterocycles. The summed E-state index contributed by atoms with van der Waals surface area (Å²) in [5.74, 6) is 0.130. The molecule has 1 aliphatic carbocycles. The SMILES string of the molecule is CCO[C@H]1C[C@](NC(=O)CCc2ccc(OC)c(Br)c2)(C(=O)OC)C1(C)C. The summed E-state index contributed by atoms with van der Waals surface area (Å²) in [5, 5.41) is 2.94. The van der Waals surface area contributed by atoms with Gasteiger partial charge >= 0.3 is 5.97 Å². The van der Waals surface area contributed by atoms with Crippen molar-refractivity contribution < 1.29 is 23.8 Å². The van der Waals surface area contributed by atoms with Crippen molar-refractivity contribution in [2.24, 2.45) is 5.41 Å². The number of methoxy groups -OCH3 is 2. The summed E-state index contributed by atoms with van der Waals surface area (Å²) in [6, 6.07) is 5.71. The molecule has 0 unspecified atom stereocenters. The summed E-state index contributed by atoms with van der Waals surface area (Å²) >= 11 is 3.45. The number of carbonyl (C=O) groups is 2. The van der Waals surface area contributed by atoms with Gasteiger partial charge in [0.25, 0.3) is 0 Å². The first-order chi connectivity index (χ1) is 12.7. The first-order valence-electron chi connectivity index (χ1n) is 9.05. The molecule has 0 spiro atoms. The second kappa shape index (κ2) is 8.61. The minimum atomic E-state index is -1.06. The fourth-order valence-corrected chi connectivity index (χ4v) is 4.20. The van der Waals surface area contributed by atoms with E-state index in [1.54, 1.807) is 7.11 Å². The minimum absolute atomic E-state index is 0.0977. The van der Waals surface area contributed by atoms with Crippen molar-refractivity contribution in [3.63, 3.8) is 0 Å². The molecule has 2 atom stereocenters. The fourth-order valence-electron chi connectivity index (χ4n) is 3.62. The maximum Gasteiger partial charge on any atom is 0.332 e. The van der Waals surface area contributed by atoms with Crippen molar-refractivity contribution in [3.05, 3.63) is 28.2 Å². The number of amides is 1. The van der Waals surface area contributed by atoms with E-state index in [0.717, 1.165) is 15.8 Å². The summed E-state index contributed by atoms with van der Waals surface area (Å²) in [6.45, 7) is 6.33. The molecule has 0 saturated heterocycles. The Morgan fingerprint density at radius 1 is 1.30 bits per heavy atom. The van der Waals surface area contributed by atoms with Crippen LogP contribution in [0.15, 0.2) is 22.7 Å². The van der Waals surface area contributed by atoms with Gasteiger partial charge in [-0.2, -0.15) is 0 Å². The third-order valence-electron chi connectivity index (χ3n) is 5.51. The summed E-state index contributed by atoms with van der Waals surface area (Å²) in [5.41, 5.74) is -0.598. The molecular formula is C20H28BrNO5. The van der Waals surface area contributed by atoms with Gasteiger partial charge in [0.15, 0.2) is 0 Å². The number of rotatable bonds is 8. The monoisotopic (exact) mass is 441 g/mol. The maximum absolute atomic E-state index is 12.6. The van der Waals surface area contributed by atoms with Crippen molar-refractivity contribution in [1.82, 2.24) is 5.32 Å². The van der Waals surface area contributed by atoms with E-state index in [0.29, 0.717) is 19.4 Å². The van der Waals surface area contributed by atoms with Crippen LogP contribution in [0.2, 0.25) is 0 Å². The highest BCUT2D eigenvalue weighted by atomic mass is 79.9. The van der Waals surface area contributed by atoms with Crippen molar-refractivity contribution in [3.8, 4) is 5.75 Å². The van der Waals surface area contributed by atoms with Gasteiger partial charge in [-0.05, 0) is 47.0 Å². The molecule has 1 saturated carbocycles. The molecule has 150 valence electrons. The predicted octanol–water partition coefficient (Wildman–Crippen LogP) is 3.25. The topological polar surface area (TPSA) is 73.9 Å². The van der Waals surface area contributed by atoms with E-state index in [4.69, 9.17) is 14.2 Å². The Kier molecular flexibility index (Phi) is 6.92. The molecule has 1 aliphatic rings. The molecule has 2 rings (SSSR count). The van der Waals surface area contributed by atoms with Crippen molar-refractivity contribution in [2.75, 3.05) is 20.8 Å². The van der Waals surface area contributed by atoms with Gasteiger partial charge in [0.1, 0.15) is 11.3 Å². The number of ether oxygens (including phenoxy) is 3. The van der Waals surface area contributed by atoms with Crippen molar-refractivity contribution in [2.45, 2.75) is 51.7 Å². The summed E-state index contributed by atoms with van der Waals surface area (Å²) in [4.78, 5) is 25.1. The van der Waals surface area contributed by atoms with Gasteiger partial charge in [0, 0.05) is 24.9 Å². The van der Waals surface area contributed by atoms with Crippen LogP contribution in [0, 0.1) is 5.41 Å². The number of hydrogen-bond donors (Lipinski definition) is 1. The Morgan fingerprint density at radius 2 is 2.00 bits per heavy atom. The average molecular weight is 442 g/mol. The maximum atomic E-state index is 12.6. The molecule has 0 heterocycles. The van der Waals surface area contributed by atoms with Crippen LogP contribution >= 0.6 is 15.9 Å². The second-order valence-corrected chi connectivity index (χ2v) is 8.14. The predicted molar refractivity (Wildman–Crippen MR) is 106 cm³/mol. The van der Waals surface area contributed by atoms with Gasteiger partial charge in [-0.15, -0.1) is 0 Å². The molecule has 1 aromatic carbocycles. The van der Waals surface area contributed by atoms with E-state index >= 15 is 0 Å². The quantitative estimate of drug-likeness (QED) is 0.626. The van der Waals surface area contributed by atoms with E-state index in [1.165, 1.54) is 7.11 Å². The Hall–Kier alpha value is -1.60. The van der Waals surface area contributed by atoms with Crippen LogP contribution in [0.5, 0.6) is 5.75 Å². The molecular weight excluding hydrogens is 414 g/mol. The lowest BCUT2D eigenvalue weighted by Crippen LogP contribution is -2.76. The molecule has 1 N–H and O–H groups in total. The Balaban J connectivity index is 2.05. The van der Waals surface area contributed by atoms with E-state index < -0.39 is 16.9 Å². The lowest BCUT2D eigenvalue weighted by Gasteiger charge is -2.58. The number of hydrogen-bond acceptors (Lipinski definition) is 5. The number of esters is 1. The summed E-state index contributed by atoms with van der Waals surface area (Å²) in [6.07, 6.45) is 1.15. The summed E-state index contributed by atoms with van der Waals surface area (Å²) in [7, 11) is 2.95. The third-order valence-corrected chi connectivity index (χ3v) is 6.13. The third kappa shape index (κ3) is 4.14. The van der Waals surface area contributed by atoms with Crippen LogP contribution in [0.3, 0.4) is 0 Å². The molecule has 6 nitrogen and oxygen atoms in total. The van der Waals surface area contributed by atoms with Crippen LogP contribution in [0.25, 0.3) is 0 Å². The van der Waals surface area contributed by atoms with Gasteiger partial charge in [-0.1, -0.05) is 19.9 Å². The number of benzene rings is 1. The highest BCUT2D eigenvalue weighted by Crippen LogP contribution is 2.52. The van der Waals surface area contributed by atoms with E-state index in [2.05, 4.69) is 21.2 Å². The fraction of sp³-hybridized carbons (Fsp3) is 0.600. The number of nitrogens with one attached hydrogen (secondary N) is 1. The molecule has 1 amide bonds. The zero-order chi connectivity index (χ0) is 20.2. The van der Waals surface area contributed by atoms with Crippen molar-refractivity contribution >= 4 is 27.8 Å². The molecule has 1 aromatic rings. The van der Waals surface area contributed by atoms with Crippen LogP contribution in [-0.2, 0) is 25.5 Å². The molecule has 0 radical (unpaired) electrons. The highest BCUT2D eigenvalue weighted by Gasteiger charge is 2.66. The minimum Gasteiger partial charge on any atom is -0.496 e. The Morgan fingerprint density at radius 3 is 2.52 bits per heavy atom. The molecule has 0 aromatic heterocycles. The largest absolute Gasteiger partial charge is 0.496 e. The number of halogens is 1. The van der Waals surface area contributed by atoms with Crippen LogP contribution < -0.4 is 10.1 Å². The van der Waals surface area contributed by atoms with Crippen LogP contribution in [-0.4, -0.2) is 44.3 Å². The van der Waals surface area contributed by atoms with E-state index in [9.17, 15) is 9.59 Å². The van der Waals surface area contributed by atoms with E-state index in [1.807, 2.05) is 39.0 Å². The lowest BCUT2D eigenvalue weighted by atomic mass is 9.54. The smallest absolute Gasteiger partial charge is 0.332 e. The molecule has 0 bridgehead atoms. The van der Waals surface area contributed by atoms with Crippen LogP contribution in [0.1, 0.15) is 39.2 Å². The number of aryl methyl sites for hydroxylation is 1. The first-order valence-corrected chi connectivity index (χ1v) is 9.84. The average Bonchev–Trinajstić information content (AvgIpc) is 2.64. The Bertz CT molecular complexity index is 706. The zero-order valence-corrected chi connectivity index (χ0v) is 18.1. The first kappa shape index (κ1) is 21.7. The van der Waals surface area contributed by atoms with Gasteiger partial charge in [0.2, 0.25) is 5.91 Å². The Labute approximate surface area is 169 Å². The molecule has 27 heavy (non-hydrogen) atoms. The molecule has 1 fully saturated rings. The normalized spacial score (nSPS) is 23.3. The van der Waals surface area contributed by atoms with Crippen LogP contribution in [0.4, 0.5) is 0 Å². The van der Waals surface area contributed by atoms with E-state index in [-0.39, 0.29) is 18.4 Å². The second-order valence-electron chi connectivity index (χ2n) is 7.28. The van der Waals surface area contributed by atoms with Gasteiger partial charge in [-0.25, -0.2) is 4.79 Å². The van der Waals surface area contributed by atoms with Gasteiger partial charge in [-0.3, -0.25) is 4.79 Å².